The van der Waals surface area contributed by atoms with Crippen molar-refractivity contribution in [1.82, 2.24) is 4.90 Å². The van der Waals surface area contributed by atoms with Crippen LogP contribution in [-0.2, 0) is 14.8 Å². The Morgan fingerprint density at radius 3 is 2.43 bits per heavy atom. The van der Waals surface area contributed by atoms with Crippen LogP contribution in [0.25, 0.3) is 0 Å². The van der Waals surface area contributed by atoms with Crippen molar-refractivity contribution in [2.75, 3.05) is 23.7 Å². The van der Waals surface area contributed by atoms with E-state index in [2.05, 4.69) is 0 Å². The van der Waals surface area contributed by atoms with Crippen LogP contribution < -0.4 is 4.31 Å². The molecule has 1 atom stereocenters. The number of likely N-dealkylation sites (tertiary alicyclic amines) is 1. The van der Waals surface area contributed by atoms with Crippen molar-refractivity contribution in [3.8, 4) is 0 Å². The largest absolute Gasteiger partial charge is 0.341 e. The zero-order chi connectivity index (χ0) is 17.2. The molecule has 0 N–H and O–H groups in total. The average molecular weight is 359 g/mol. The third-order valence-corrected chi connectivity index (χ3v) is 5.61. The van der Waals surface area contributed by atoms with Gasteiger partial charge in [0.05, 0.1) is 11.9 Å². The lowest BCUT2D eigenvalue weighted by atomic mass is 10.1. The summed E-state index contributed by atoms with van der Waals surface area (Å²) in [4.78, 5) is 14.5. The van der Waals surface area contributed by atoms with Crippen LogP contribution >= 0.6 is 11.6 Å². The van der Waals surface area contributed by atoms with Gasteiger partial charge in [-0.1, -0.05) is 17.7 Å². The van der Waals surface area contributed by atoms with Crippen LogP contribution in [-0.4, -0.2) is 44.6 Å². The zero-order valence-corrected chi connectivity index (χ0v) is 15.3. The molecule has 0 radical (unpaired) electrons. The number of hydrogen-bond donors (Lipinski definition) is 0. The second kappa shape index (κ2) is 7.09. The van der Waals surface area contributed by atoms with Gasteiger partial charge in [0.15, 0.2) is 0 Å². The van der Waals surface area contributed by atoms with Gasteiger partial charge < -0.3 is 4.90 Å². The number of rotatable bonds is 4. The Balaban J connectivity index is 2.39. The highest BCUT2D eigenvalue weighted by Gasteiger charge is 2.33. The predicted molar refractivity (Wildman–Crippen MR) is 93.4 cm³/mol. The minimum absolute atomic E-state index is 0.158. The molecule has 1 fully saturated rings. The SMILES string of the molecule is Cc1ccc(Cl)cc1N(C(C)C(=O)N1CCCCC1)S(C)(=O)=O. The first kappa shape index (κ1) is 18.1. The Morgan fingerprint density at radius 2 is 1.87 bits per heavy atom. The summed E-state index contributed by atoms with van der Waals surface area (Å²) in [6, 6.07) is 4.27. The van der Waals surface area contributed by atoms with E-state index in [0.717, 1.165) is 31.1 Å². The van der Waals surface area contributed by atoms with Gasteiger partial charge in [-0.2, -0.15) is 0 Å². The van der Waals surface area contributed by atoms with E-state index in [4.69, 9.17) is 11.6 Å². The van der Waals surface area contributed by atoms with Crippen molar-refractivity contribution in [2.24, 2.45) is 0 Å². The number of halogens is 1. The van der Waals surface area contributed by atoms with E-state index >= 15 is 0 Å². The van der Waals surface area contributed by atoms with Crippen LogP contribution in [0.3, 0.4) is 0 Å². The molecule has 0 aliphatic carbocycles. The van der Waals surface area contributed by atoms with Gasteiger partial charge in [0.25, 0.3) is 0 Å². The van der Waals surface area contributed by atoms with E-state index < -0.39 is 16.1 Å². The van der Waals surface area contributed by atoms with Crippen molar-refractivity contribution < 1.29 is 13.2 Å². The molecule has 0 saturated carbocycles. The van der Waals surface area contributed by atoms with Gasteiger partial charge in [0.2, 0.25) is 15.9 Å². The lowest BCUT2D eigenvalue weighted by Gasteiger charge is -2.35. The first-order valence-electron chi connectivity index (χ1n) is 7.76. The minimum Gasteiger partial charge on any atom is -0.341 e. The number of hydrogen-bond acceptors (Lipinski definition) is 3. The number of benzene rings is 1. The van der Waals surface area contributed by atoms with Crippen molar-refractivity contribution in [3.05, 3.63) is 28.8 Å². The molecule has 128 valence electrons. The van der Waals surface area contributed by atoms with Crippen molar-refractivity contribution in [3.63, 3.8) is 0 Å². The van der Waals surface area contributed by atoms with Gasteiger partial charge in [-0.05, 0) is 50.8 Å². The second-order valence-electron chi connectivity index (χ2n) is 6.05. The molecule has 1 aromatic carbocycles. The number of carbonyl (C=O) groups excluding carboxylic acids is 1. The summed E-state index contributed by atoms with van der Waals surface area (Å²) in [6.07, 6.45) is 4.16. The third kappa shape index (κ3) is 4.18. The molecule has 1 unspecified atom stereocenters. The second-order valence-corrected chi connectivity index (χ2v) is 8.35. The summed E-state index contributed by atoms with van der Waals surface area (Å²) in [7, 11) is -3.61. The number of sulfonamides is 1. The maximum atomic E-state index is 12.7. The highest BCUT2D eigenvalue weighted by atomic mass is 35.5. The molecule has 0 bridgehead atoms. The first-order valence-corrected chi connectivity index (χ1v) is 9.99. The first-order chi connectivity index (χ1) is 10.7. The van der Waals surface area contributed by atoms with Gasteiger partial charge in [-0.15, -0.1) is 0 Å². The van der Waals surface area contributed by atoms with E-state index in [1.54, 1.807) is 30.0 Å². The van der Waals surface area contributed by atoms with Crippen molar-refractivity contribution in [2.45, 2.75) is 39.2 Å². The standard InChI is InChI=1S/C16H23ClN2O3S/c1-12-7-8-14(17)11-15(12)19(23(3,21)22)13(2)16(20)18-9-5-4-6-10-18/h7-8,11,13H,4-6,9-10H2,1-3H3. The number of piperidine rings is 1. The van der Waals surface area contributed by atoms with Crippen LogP contribution in [0.15, 0.2) is 18.2 Å². The van der Waals surface area contributed by atoms with Gasteiger partial charge in [-0.25, -0.2) is 8.42 Å². The Labute approximate surface area is 143 Å². The third-order valence-electron chi connectivity index (χ3n) is 4.14. The molecule has 2 rings (SSSR count). The van der Waals surface area contributed by atoms with Gasteiger partial charge in [0, 0.05) is 18.1 Å². The molecule has 1 aromatic rings. The highest BCUT2D eigenvalue weighted by molar-refractivity contribution is 7.92. The molecule has 0 aromatic heterocycles. The molecule has 1 aliphatic rings. The molecule has 1 heterocycles. The van der Waals surface area contributed by atoms with Crippen LogP contribution in [0.2, 0.25) is 5.02 Å². The molecule has 7 heteroatoms. The minimum atomic E-state index is -3.61. The molecular weight excluding hydrogens is 336 g/mol. The summed E-state index contributed by atoms with van der Waals surface area (Å²) in [5.41, 5.74) is 1.22. The van der Waals surface area contributed by atoms with Crippen LogP contribution in [0.5, 0.6) is 0 Å². The van der Waals surface area contributed by atoms with E-state index in [1.165, 1.54) is 4.31 Å². The lowest BCUT2D eigenvalue weighted by Crippen LogP contribution is -2.50. The fraction of sp³-hybridized carbons (Fsp3) is 0.562. The molecule has 1 aliphatic heterocycles. The molecule has 5 nitrogen and oxygen atoms in total. The Hall–Kier alpha value is -1.27. The highest BCUT2D eigenvalue weighted by Crippen LogP contribution is 2.29. The maximum Gasteiger partial charge on any atom is 0.246 e. The van der Waals surface area contributed by atoms with Gasteiger partial charge in [-0.3, -0.25) is 9.10 Å². The van der Waals surface area contributed by atoms with Gasteiger partial charge >= 0.3 is 0 Å². The molecular formula is C16H23ClN2O3S. The van der Waals surface area contributed by atoms with Crippen LogP contribution in [0, 0.1) is 6.92 Å². The fourth-order valence-corrected chi connectivity index (χ4v) is 4.36. The summed E-state index contributed by atoms with van der Waals surface area (Å²) in [6.45, 7) is 4.82. The number of carbonyl (C=O) groups is 1. The summed E-state index contributed by atoms with van der Waals surface area (Å²) in [5.74, 6) is -0.158. The van der Waals surface area contributed by atoms with E-state index in [9.17, 15) is 13.2 Å². The van der Waals surface area contributed by atoms with Gasteiger partial charge in [0.1, 0.15) is 6.04 Å². The fourth-order valence-electron chi connectivity index (χ4n) is 2.97. The molecule has 0 spiro atoms. The maximum absolute atomic E-state index is 12.7. The Bertz CT molecular complexity index is 685. The number of aryl methyl sites for hydroxylation is 1. The molecule has 1 amide bonds. The predicted octanol–water partition coefficient (Wildman–Crippen LogP) is 2.82. The number of amides is 1. The summed E-state index contributed by atoms with van der Waals surface area (Å²) < 4.78 is 25.9. The van der Waals surface area contributed by atoms with Crippen LogP contribution in [0.1, 0.15) is 31.7 Å². The average Bonchev–Trinajstić information content (AvgIpc) is 2.49. The van der Waals surface area contributed by atoms with Crippen LogP contribution in [0.4, 0.5) is 5.69 Å². The Morgan fingerprint density at radius 1 is 1.26 bits per heavy atom. The number of nitrogens with zero attached hydrogens (tertiary/aromatic N) is 2. The number of anilines is 1. The molecule has 1 saturated heterocycles. The monoisotopic (exact) mass is 358 g/mol. The van der Waals surface area contributed by atoms with Crippen molar-refractivity contribution in [1.29, 1.82) is 0 Å². The summed E-state index contributed by atoms with van der Waals surface area (Å²) in [5, 5.41) is 0.442. The van der Waals surface area contributed by atoms with E-state index in [0.29, 0.717) is 23.8 Å². The molecule has 23 heavy (non-hydrogen) atoms. The summed E-state index contributed by atoms with van der Waals surface area (Å²) >= 11 is 6.03. The quantitative estimate of drug-likeness (QED) is 0.831. The normalized spacial score (nSPS) is 17.0. The zero-order valence-electron chi connectivity index (χ0n) is 13.8. The van der Waals surface area contributed by atoms with Crippen molar-refractivity contribution >= 4 is 33.2 Å². The van der Waals surface area contributed by atoms with E-state index in [-0.39, 0.29) is 5.91 Å². The Kier molecular flexibility index (Phi) is 5.57. The van der Waals surface area contributed by atoms with E-state index in [1.807, 2.05) is 6.92 Å². The topological polar surface area (TPSA) is 57.7 Å². The smallest absolute Gasteiger partial charge is 0.246 e. The lowest BCUT2D eigenvalue weighted by molar-refractivity contribution is -0.132.